The van der Waals surface area contributed by atoms with Crippen molar-refractivity contribution >= 4 is 17.9 Å². The number of rotatable bonds is 6. The summed E-state index contributed by atoms with van der Waals surface area (Å²) in [5, 5.41) is 2.59. The van der Waals surface area contributed by atoms with Gasteiger partial charge < -0.3 is 19.9 Å². The molecule has 1 aliphatic carbocycles. The summed E-state index contributed by atoms with van der Waals surface area (Å²) in [6.07, 6.45) is 2.72. The highest BCUT2D eigenvalue weighted by atomic mass is 16.5. The minimum Gasteiger partial charge on any atom is -0.465 e. The van der Waals surface area contributed by atoms with Crippen molar-refractivity contribution in [3.05, 3.63) is 0 Å². The van der Waals surface area contributed by atoms with Crippen LogP contribution < -0.4 is 5.32 Å². The Hall–Kier alpha value is -1.79. The first-order valence-corrected chi connectivity index (χ1v) is 8.90. The normalized spacial score (nSPS) is 21.7. The average Bonchev–Trinajstić information content (AvgIpc) is 3.35. The first-order chi connectivity index (χ1) is 11.4. The Morgan fingerprint density at radius 2 is 2.04 bits per heavy atom. The lowest BCUT2D eigenvalue weighted by atomic mass is 10.0. The van der Waals surface area contributed by atoms with Gasteiger partial charge in [-0.15, -0.1) is 0 Å². The van der Waals surface area contributed by atoms with Crippen LogP contribution in [0, 0.1) is 11.8 Å². The monoisotopic (exact) mass is 339 g/mol. The standard InChI is InChI=1S/C17H29N3O4/c1-4-24-16(22)9-18-17(23)19-8-7-15(21)20(10-13-5-6-13)14(11-19)12(2)3/h12-14H,4-11H2,1-3H3,(H,18,23)/t14-/m0/s1. The van der Waals surface area contributed by atoms with Gasteiger partial charge in [-0.05, 0) is 31.6 Å². The van der Waals surface area contributed by atoms with Crippen LogP contribution in [0.3, 0.4) is 0 Å². The highest BCUT2D eigenvalue weighted by Crippen LogP contribution is 2.32. The van der Waals surface area contributed by atoms with Crippen molar-refractivity contribution in [3.63, 3.8) is 0 Å². The summed E-state index contributed by atoms with van der Waals surface area (Å²) in [6, 6.07) is -0.288. The number of nitrogens with one attached hydrogen (secondary N) is 1. The van der Waals surface area contributed by atoms with E-state index in [1.165, 1.54) is 12.8 Å². The summed E-state index contributed by atoms with van der Waals surface area (Å²) in [6.45, 7) is 7.73. The van der Waals surface area contributed by atoms with Crippen molar-refractivity contribution < 1.29 is 19.1 Å². The number of hydrogen-bond donors (Lipinski definition) is 1. The zero-order valence-corrected chi connectivity index (χ0v) is 14.9. The van der Waals surface area contributed by atoms with Crippen LogP contribution in [0.25, 0.3) is 0 Å². The van der Waals surface area contributed by atoms with Crippen molar-refractivity contribution in [2.45, 2.75) is 46.1 Å². The SMILES string of the molecule is CCOC(=O)CNC(=O)N1CCC(=O)N(CC2CC2)[C@H](C(C)C)C1. The first kappa shape index (κ1) is 18.5. The van der Waals surface area contributed by atoms with Gasteiger partial charge in [0.2, 0.25) is 5.91 Å². The van der Waals surface area contributed by atoms with Crippen LogP contribution in [0.4, 0.5) is 4.79 Å². The van der Waals surface area contributed by atoms with E-state index in [1.54, 1.807) is 11.8 Å². The second-order valence-corrected chi connectivity index (χ2v) is 6.96. The van der Waals surface area contributed by atoms with Gasteiger partial charge in [-0.25, -0.2) is 4.79 Å². The fourth-order valence-corrected chi connectivity index (χ4v) is 3.02. The molecule has 0 bridgehead atoms. The van der Waals surface area contributed by atoms with Crippen LogP contribution in [0.5, 0.6) is 0 Å². The molecule has 2 rings (SSSR count). The van der Waals surface area contributed by atoms with Gasteiger partial charge in [0.25, 0.3) is 0 Å². The number of ether oxygens (including phenoxy) is 1. The molecule has 7 heteroatoms. The van der Waals surface area contributed by atoms with Crippen LogP contribution >= 0.6 is 0 Å². The number of esters is 1. The Bertz CT molecular complexity index is 476. The predicted molar refractivity (Wildman–Crippen MR) is 89.3 cm³/mol. The van der Waals surface area contributed by atoms with Gasteiger partial charge in [0.05, 0.1) is 12.6 Å². The van der Waals surface area contributed by atoms with Gasteiger partial charge in [-0.1, -0.05) is 13.8 Å². The summed E-state index contributed by atoms with van der Waals surface area (Å²) >= 11 is 0. The molecule has 1 saturated carbocycles. The lowest BCUT2D eigenvalue weighted by Gasteiger charge is -2.34. The maximum Gasteiger partial charge on any atom is 0.325 e. The van der Waals surface area contributed by atoms with E-state index in [0.717, 1.165) is 6.54 Å². The number of nitrogens with zero attached hydrogens (tertiary/aromatic N) is 2. The molecule has 0 radical (unpaired) electrons. The molecule has 1 atom stereocenters. The minimum atomic E-state index is -0.451. The zero-order chi connectivity index (χ0) is 17.7. The van der Waals surface area contributed by atoms with E-state index in [2.05, 4.69) is 19.2 Å². The van der Waals surface area contributed by atoms with E-state index in [4.69, 9.17) is 4.74 Å². The van der Waals surface area contributed by atoms with Gasteiger partial charge >= 0.3 is 12.0 Å². The van der Waals surface area contributed by atoms with Crippen molar-refractivity contribution in [2.24, 2.45) is 11.8 Å². The molecule has 2 aliphatic rings. The Kier molecular flexibility index (Phi) is 6.45. The van der Waals surface area contributed by atoms with Crippen LogP contribution in [0.1, 0.15) is 40.0 Å². The third-order valence-electron chi connectivity index (χ3n) is 4.62. The van der Waals surface area contributed by atoms with Crippen LogP contribution in [-0.2, 0) is 14.3 Å². The Morgan fingerprint density at radius 3 is 2.62 bits per heavy atom. The molecule has 3 amide bonds. The smallest absolute Gasteiger partial charge is 0.325 e. The highest BCUT2D eigenvalue weighted by molar-refractivity contribution is 5.82. The Morgan fingerprint density at radius 1 is 1.33 bits per heavy atom. The molecule has 1 saturated heterocycles. The molecule has 2 fully saturated rings. The fourth-order valence-electron chi connectivity index (χ4n) is 3.02. The Balaban J connectivity index is 1.97. The predicted octanol–water partition coefficient (Wildman–Crippen LogP) is 1.23. The van der Waals surface area contributed by atoms with Crippen molar-refractivity contribution in [3.8, 4) is 0 Å². The van der Waals surface area contributed by atoms with Crippen LogP contribution in [0.2, 0.25) is 0 Å². The highest BCUT2D eigenvalue weighted by Gasteiger charge is 2.36. The lowest BCUT2D eigenvalue weighted by molar-refractivity contribution is -0.141. The van der Waals surface area contributed by atoms with Crippen molar-refractivity contribution in [2.75, 3.05) is 32.8 Å². The fraction of sp³-hybridized carbons (Fsp3) is 0.824. The maximum atomic E-state index is 12.5. The molecule has 24 heavy (non-hydrogen) atoms. The number of hydrogen-bond acceptors (Lipinski definition) is 4. The first-order valence-electron chi connectivity index (χ1n) is 8.90. The molecule has 0 aromatic rings. The molecule has 1 aliphatic heterocycles. The van der Waals surface area contributed by atoms with E-state index in [-0.39, 0.29) is 30.4 Å². The summed E-state index contributed by atoms with van der Waals surface area (Å²) in [4.78, 5) is 39.9. The molecular weight excluding hydrogens is 310 g/mol. The molecule has 136 valence electrons. The van der Waals surface area contributed by atoms with E-state index in [9.17, 15) is 14.4 Å². The molecular formula is C17H29N3O4. The summed E-state index contributed by atoms with van der Waals surface area (Å²) < 4.78 is 4.81. The third kappa shape index (κ3) is 5.11. The second kappa shape index (κ2) is 8.35. The zero-order valence-electron chi connectivity index (χ0n) is 14.9. The largest absolute Gasteiger partial charge is 0.465 e. The van der Waals surface area contributed by atoms with E-state index < -0.39 is 5.97 Å². The molecule has 0 aromatic heterocycles. The topological polar surface area (TPSA) is 79.0 Å². The average molecular weight is 339 g/mol. The molecule has 7 nitrogen and oxygen atoms in total. The van der Waals surface area contributed by atoms with Crippen LogP contribution in [-0.4, -0.2) is 66.5 Å². The Labute approximate surface area is 143 Å². The number of carbonyl (C=O) groups is 3. The van der Waals surface area contributed by atoms with Gasteiger partial charge in [-0.2, -0.15) is 0 Å². The summed E-state index contributed by atoms with van der Waals surface area (Å²) in [5.74, 6) is 0.569. The van der Waals surface area contributed by atoms with Crippen molar-refractivity contribution in [1.29, 1.82) is 0 Å². The number of urea groups is 1. The van der Waals surface area contributed by atoms with Gasteiger partial charge in [-0.3, -0.25) is 9.59 Å². The van der Waals surface area contributed by atoms with E-state index >= 15 is 0 Å². The van der Waals surface area contributed by atoms with Gasteiger partial charge in [0.1, 0.15) is 6.54 Å². The number of amides is 3. The molecule has 1 heterocycles. The quantitative estimate of drug-likeness (QED) is 0.738. The molecule has 0 spiro atoms. The van der Waals surface area contributed by atoms with Crippen LogP contribution in [0.15, 0.2) is 0 Å². The van der Waals surface area contributed by atoms with E-state index in [0.29, 0.717) is 32.0 Å². The third-order valence-corrected chi connectivity index (χ3v) is 4.62. The number of carbonyl (C=O) groups excluding carboxylic acids is 3. The summed E-state index contributed by atoms with van der Waals surface area (Å²) in [5.41, 5.74) is 0. The minimum absolute atomic E-state index is 0.0222. The van der Waals surface area contributed by atoms with E-state index in [1.807, 2.05) is 4.90 Å². The molecule has 0 aromatic carbocycles. The lowest BCUT2D eigenvalue weighted by Crippen LogP contribution is -2.50. The molecule has 1 N–H and O–H groups in total. The van der Waals surface area contributed by atoms with Gasteiger partial charge in [0.15, 0.2) is 0 Å². The second-order valence-electron chi connectivity index (χ2n) is 6.96. The summed E-state index contributed by atoms with van der Waals surface area (Å²) in [7, 11) is 0. The molecule has 0 unspecified atom stereocenters. The van der Waals surface area contributed by atoms with Gasteiger partial charge in [0, 0.05) is 26.1 Å². The maximum absolute atomic E-state index is 12.5. The van der Waals surface area contributed by atoms with Crippen molar-refractivity contribution in [1.82, 2.24) is 15.1 Å².